The molecule has 0 aromatic carbocycles. The summed E-state index contributed by atoms with van der Waals surface area (Å²) < 4.78 is 22.7. The highest BCUT2D eigenvalue weighted by molar-refractivity contribution is 5.76. The summed E-state index contributed by atoms with van der Waals surface area (Å²) in [6, 6.07) is -0.824. The minimum atomic E-state index is -1.78. The smallest absolute Gasteiger partial charge is 0.220 e. The summed E-state index contributed by atoms with van der Waals surface area (Å²) in [6.07, 6.45) is 53.1. The van der Waals surface area contributed by atoms with E-state index in [9.17, 15) is 45.6 Å². The Labute approximate surface area is 498 Å². The van der Waals surface area contributed by atoms with Gasteiger partial charge >= 0.3 is 0 Å². The molecule has 2 heterocycles. The summed E-state index contributed by atoms with van der Waals surface area (Å²) in [6.45, 7) is 2.70. The Bertz CT molecular complexity index is 1610. The van der Waals surface area contributed by atoms with Crippen LogP contribution in [0, 0.1) is 0 Å². The molecule has 12 unspecified atom stereocenters. The summed E-state index contributed by atoms with van der Waals surface area (Å²) in [5.74, 6) is -0.208. The highest BCUT2D eigenvalue weighted by Gasteiger charge is 2.51. The number of unbranched alkanes of at least 4 members (excludes halogenated alkanes) is 31. The maximum atomic E-state index is 13.2. The average molecular weight is 1160 g/mol. The molecule has 2 aliphatic heterocycles. The van der Waals surface area contributed by atoms with Crippen LogP contribution in [0.1, 0.15) is 271 Å². The van der Waals surface area contributed by atoms with Gasteiger partial charge in [0.05, 0.1) is 32.0 Å². The summed E-state index contributed by atoms with van der Waals surface area (Å²) in [5.41, 5.74) is 0. The van der Waals surface area contributed by atoms with E-state index >= 15 is 0 Å². The zero-order valence-electron chi connectivity index (χ0n) is 51.7. The Hall–Kier alpha value is -2.31. The van der Waals surface area contributed by atoms with Gasteiger partial charge in [-0.25, -0.2) is 0 Å². The van der Waals surface area contributed by atoms with Crippen LogP contribution in [0.5, 0.6) is 0 Å². The summed E-state index contributed by atoms with van der Waals surface area (Å²) >= 11 is 0. The molecule has 0 saturated carbocycles. The van der Waals surface area contributed by atoms with Crippen LogP contribution in [0.4, 0.5) is 0 Å². The molecule has 14 nitrogen and oxygen atoms in total. The molecule has 0 aliphatic carbocycles. The third-order valence-corrected chi connectivity index (χ3v) is 16.2. The molecule has 2 fully saturated rings. The predicted molar refractivity (Wildman–Crippen MR) is 332 cm³/mol. The number of nitrogens with one attached hydrogen (secondary N) is 1. The lowest BCUT2D eigenvalue weighted by molar-refractivity contribution is -0.359. The first-order chi connectivity index (χ1) is 40.1. The van der Waals surface area contributed by atoms with Crippen LogP contribution < -0.4 is 5.32 Å². The standard InChI is InChI=1S/C68H123NO13/c1-3-5-7-9-11-12-13-14-15-16-17-18-19-20-21-22-23-24-25-26-27-28-29-30-31-32-33-34-35-36-37-38-39-40-41-42-43-44-46-48-50-52-60(73)69-56(57(72)51-49-47-45-10-8-6-4-2)55-79-67-65(78)63(76)66(59(54-71)81-67)82-68-64(77)62(75)61(74)58(53-70)80-68/h5,7,11-12,14-15,17-18,20-21,56-59,61-68,70-72,74-78H,3-4,6,8-10,13,16,19,22-55H2,1-2H3,(H,69,73)/b7-5-,12-11-,15-14-,18-17-,21-20-. The number of hydrogen-bond acceptors (Lipinski definition) is 13. The Balaban J connectivity index is 1.47. The normalized spacial score (nSPS) is 24.3. The zero-order chi connectivity index (χ0) is 59.5. The van der Waals surface area contributed by atoms with E-state index in [0.717, 1.165) is 83.5 Å². The van der Waals surface area contributed by atoms with Gasteiger partial charge in [0, 0.05) is 6.42 Å². The lowest BCUT2D eigenvalue weighted by Crippen LogP contribution is -2.65. The second-order valence-corrected chi connectivity index (χ2v) is 23.6. The van der Waals surface area contributed by atoms with Crippen molar-refractivity contribution in [1.82, 2.24) is 5.32 Å². The Morgan fingerprint density at radius 1 is 0.451 bits per heavy atom. The van der Waals surface area contributed by atoms with Gasteiger partial charge in [0.2, 0.25) is 5.91 Å². The van der Waals surface area contributed by atoms with Gasteiger partial charge in [-0.05, 0) is 57.8 Å². The Morgan fingerprint density at radius 2 is 0.841 bits per heavy atom. The Kier molecular flexibility index (Phi) is 49.0. The van der Waals surface area contributed by atoms with Crippen LogP contribution in [0.25, 0.3) is 0 Å². The molecule has 0 aromatic heterocycles. The number of ether oxygens (including phenoxy) is 4. The van der Waals surface area contributed by atoms with Crippen LogP contribution >= 0.6 is 0 Å². The molecule has 0 bridgehead atoms. The van der Waals surface area contributed by atoms with Crippen molar-refractivity contribution in [3.05, 3.63) is 60.8 Å². The number of aliphatic hydroxyl groups is 8. The first kappa shape index (κ1) is 75.8. The van der Waals surface area contributed by atoms with Gasteiger partial charge in [0.25, 0.3) is 0 Å². The van der Waals surface area contributed by atoms with Crippen molar-refractivity contribution in [1.29, 1.82) is 0 Å². The quantitative estimate of drug-likeness (QED) is 0.0204. The lowest BCUT2D eigenvalue weighted by Gasteiger charge is -2.46. The van der Waals surface area contributed by atoms with Gasteiger partial charge in [0.1, 0.15) is 48.8 Å². The fourth-order valence-corrected chi connectivity index (χ4v) is 10.9. The van der Waals surface area contributed by atoms with Crippen molar-refractivity contribution in [2.75, 3.05) is 19.8 Å². The number of aliphatic hydroxyl groups excluding tert-OH is 8. The lowest BCUT2D eigenvalue weighted by atomic mass is 9.97. The second-order valence-electron chi connectivity index (χ2n) is 23.6. The van der Waals surface area contributed by atoms with Gasteiger partial charge in [0.15, 0.2) is 12.6 Å². The zero-order valence-corrected chi connectivity index (χ0v) is 51.7. The van der Waals surface area contributed by atoms with Crippen molar-refractivity contribution >= 4 is 5.91 Å². The number of carbonyl (C=O) groups is 1. The highest BCUT2D eigenvalue weighted by atomic mass is 16.7. The number of amides is 1. The Morgan fingerprint density at radius 3 is 1.29 bits per heavy atom. The molecule has 0 aromatic rings. The third-order valence-electron chi connectivity index (χ3n) is 16.2. The van der Waals surface area contributed by atoms with Gasteiger partial charge in [-0.1, -0.05) is 267 Å². The maximum Gasteiger partial charge on any atom is 0.220 e. The monoisotopic (exact) mass is 1160 g/mol. The molecular formula is C68H123NO13. The van der Waals surface area contributed by atoms with Crippen LogP contribution in [0.15, 0.2) is 60.8 Å². The first-order valence-corrected chi connectivity index (χ1v) is 33.5. The van der Waals surface area contributed by atoms with Crippen LogP contribution in [-0.2, 0) is 23.7 Å². The number of rotatable bonds is 54. The van der Waals surface area contributed by atoms with Crippen molar-refractivity contribution in [3.8, 4) is 0 Å². The van der Waals surface area contributed by atoms with Crippen molar-refractivity contribution < 1.29 is 64.6 Å². The van der Waals surface area contributed by atoms with E-state index in [1.807, 2.05) is 0 Å². The molecule has 1 amide bonds. The summed E-state index contributed by atoms with van der Waals surface area (Å²) in [5, 5.41) is 86.9. The van der Waals surface area contributed by atoms with Crippen molar-refractivity contribution in [2.45, 2.75) is 344 Å². The van der Waals surface area contributed by atoms with Crippen LogP contribution in [-0.4, -0.2) is 140 Å². The largest absolute Gasteiger partial charge is 0.394 e. The molecule has 478 valence electrons. The first-order valence-electron chi connectivity index (χ1n) is 33.5. The van der Waals surface area contributed by atoms with E-state index in [-0.39, 0.29) is 12.5 Å². The minimum absolute atomic E-state index is 0.208. The fraction of sp³-hybridized carbons (Fsp3) is 0.838. The molecule has 12 atom stereocenters. The second kappa shape index (κ2) is 53.0. The van der Waals surface area contributed by atoms with E-state index in [1.165, 1.54) is 161 Å². The summed E-state index contributed by atoms with van der Waals surface area (Å²) in [4.78, 5) is 13.2. The SMILES string of the molecule is CC/C=C\C/C=C\C/C=C\C/C=C\C/C=C\CCCCCCCCCCCCCCCCCCCCCCCCCCCC(=O)NC(COC1OC(CO)C(OC2OC(CO)C(O)C(O)C2O)C(O)C1O)C(O)CCCCCCCCC. The van der Waals surface area contributed by atoms with Gasteiger partial charge in [-0.3, -0.25) is 4.79 Å². The average Bonchev–Trinajstić information content (AvgIpc) is 3.65. The van der Waals surface area contributed by atoms with Crippen molar-refractivity contribution in [2.24, 2.45) is 0 Å². The maximum absolute atomic E-state index is 13.2. The molecule has 0 spiro atoms. The van der Waals surface area contributed by atoms with E-state index < -0.39 is 86.8 Å². The molecule has 82 heavy (non-hydrogen) atoms. The highest BCUT2D eigenvalue weighted by Crippen LogP contribution is 2.30. The van der Waals surface area contributed by atoms with Crippen LogP contribution in [0.2, 0.25) is 0 Å². The molecule has 9 N–H and O–H groups in total. The summed E-state index contributed by atoms with van der Waals surface area (Å²) in [7, 11) is 0. The minimum Gasteiger partial charge on any atom is -0.394 e. The molecule has 14 heteroatoms. The number of carbonyl (C=O) groups excluding carboxylic acids is 1. The van der Waals surface area contributed by atoms with E-state index in [2.05, 4.69) is 79.9 Å². The van der Waals surface area contributed by atoms with Crippen LogP contribution in [0.3, 0.4) is 0 Å². The molecule has 0 radical (unpaired) electrons. The van der Waals surface area contributed by atoms with Crippen molar-refractivity contribution in [3.63, 3.8) is 0 Å². The molecular weight excluding hydrogens is 1040 g/mol. The predicted octanol–water partition coefficient (Wildman–Crippen LogP) is 12.9. The van der Waals surface area contributed by atoms with Gasteiger partial charge < -0.3 is 65.1 Å². The topological polar surface area (TPSA) is 228 Å². The van der Waals surface area contributed by atoms with E-state index in [1.54, 1.807) is 0 Å². The number of allylic oxidation sites excluding steroid dienone is 10. The molecule has 2 saturated heterocycles. The fourth-order valence-electron chi connectivity index (χ4n) is 10.9. The number of hydrogen-bond donors (Lipinski definition) is 9. The van der Waals surface area contributed by atoms with Gasteiger partial charge in [-0.15, -0.1) is 0 Å². The van der Waals surface area contributed by atoms with E-state index in [4.69, 9.17) is 18.9 Å². The van der Waals surface area contributed by atoms with Gasteiger partial charge in [-0.2, -0.15) is 0 Å². The molecule has 2 aliphatic rings. The molecule has 2 rings (SSSR count). The van der Waals surface area contributed by atoms with E-state index in [0.29, 0.717) is 12.8 Å². The third kappa shape index (κ3) is 37.3.